The summed E-state index contributed by atoms with van der Waals surface area (Å²) in [7, 11) is 0. The molecule has 0 aliphatic carbocycles. The smallest absolute Gasteiger partial charge is 0.188 e. The number of nitrogens with one attached hydrogen (secondary N) is 2. The Hall–Kier alpha value is -2.74. The number of hydrogen-bond acceptors (Lipinski definition) is 4. The van der Waals surface area contributed by atoms with Gasteiger partial charge in [-0.2, -0.15) is 5.10 Å². The van der Waals surface area contributed by atoms with Crippen LogP contribution in [0.3, 0.4) is 0 Å². The highest BCUT2D eigenvalue weighted by Crippen LogP contribution is 2.36. The minimum Gasteiger partial charge on any atom is -0.339 e. The molecule has 6 nitrogen and oxygen atoms in total. The Morgan fingerprint density at radius 1 is 1.26 bits per heavy atom. The average molecular weight is 398 g/mol. The second-order valence-corrected chi connectivity index (χ2v) is 7.02. The SMILES string of the molecule is CC(=O)c1c(-c2ccccc2)n(C2=NNC(=S)NC2N)c2ccc(Cl)cc12. The molecule has 1 atom stereocenters. The number of hydrogen-bond donors (Lipinski definition) is 3. The summed E-state index contributed by atoms with van der Waals surface area (Å²) in [6.45, 7) is 1.54. The zero-order valence-corrected chi connectivity index (χ0v) is 15.9. The monoisotopic (exact) mass is 397 g/mol. The molecule has 1 unspecified atom stereocenters. The number of rotatable bonds is 2. The number of fused-ring (bicyclic) bond motifs is 1. The van der Waals surface area contributed by atoms with Crippen LogP contribution in [0.2, 0.25) is 5.02 Å². The minimum atomic E-state index is -0.632. The molecule has 1 aliphatic rings. The summed E-state index contributed by atoms with van der Waals surface area (Å²) in [5.41, 5.74) is 11.9. The number of benzene rings is 2. The van der Waals surface area contributed by atoms with Crippen LogP contribution < -0.4 is 16.5 Å². The van der Waals surface area contributed by atoms with Gasteiger partial charge in [-0.25, -0.2) is 0 Å². The van der Waals surface area contributed by atoms with E-state index in [1.54, 1.807) is 19.1 Å². The van der Waals surface area contributed by atoms with Crippen LogP contribution in [0.25, 0.3) is 22.2 Å². The van der Waals surface area contributed by atoms with Crippen molar-refractivity contribution in [3.8, 4) is 11.3 Å². The molecule has 3 aromatic rings. The second kappa shape index (κ2) is 6.77. The Morgan fingerprint density at radius 3 is 2.67 bits per heavy atom. The summed E-state index contributed by atoms with van der Waals surface area (Å²) in [5.74, 6) is 0.434. The topological polar surface area (TPSA) is 84.4 Å². The van der Waals surface area contributed by atoms with Crippen LogP contribution in [-0.2, 0) is 0 Å². The van der Waals surface area contributed by atoms with Gasteiger partial charge in [0.05, 0.1) is 16.8 Å². The first-order valence-electron chi connectivity index (χ1n) is 8.27. The molecule has 0 bridgehead atoms. The fourth-order valence-electron chi connectivity index (χ4n) is 3.33. The van der Waals surface area contributed by atoms with Crippen molar-refractivity contribution in [2.75, 3.05) is 0 Å². The van der Waals surface area contributed by atoms with Crippen molar-refractivity contribution in [2.45, 2.75) is 13.1 Å². The lowest BCUT2D eigenvalue weighted by atomic mass is 10.0. The molecule has 0 spiro atoms. The van der Waals surface area contributed by atoms with Gasteiger partial charge in [0.2, 0.25) is 0 Å². The van der Waals surface area contributed by atoms with Crippen molar-refractivity contribution < 1.29 is 4.79 Å². The van der Waals surface area contributed by atoms with Crippen LogP contribution >= 0.6 is 23.8 Å². The van der Waals surface area contributed by atoms with Gasteiger partial charge in [0.15, 0.2) is 16.7 Å². The zero-order chi connectivity index (χ0) is 19.1. The van der Waals surface area contributed by atoms with Gasteiger partial charge in [-0.3, -0.25) is 14.8 Å². The third kappa shape index (κ3) is 2.99. The zero-order valence-electron chi connectivity index (χ0n) is 14.4. The lowest BCUT2D eigenvalue weighted by Gasteiger charge is -2.25. The molecule has 0 saturated carbocycles. The number of thiocarbonyl (C=S) groups is 1. The summed E-state index contributed by atoms with van der Waals surface area (Å²) in [5, 5.41) is 8.95. The fourth-order valence-corrected chi connectivity index (χ4v) is 3.68. The maximum absolute atomic E-state index is 12.6. The van der Waals surface area contributed by atoms with Crippen molar-refractivity contribution in [1.29, 1.82) is 0 Å². The fraction of sp³-hybridized carbons (Fsp3) is 0.105. The van der Waals surface area contributed by atoms with E-state index in [-0.39, 0.29) is 5.78 Å². The minimum absolute atomic E-state index is 0.0683. The van der Waals surface area contributed by atoms with Gasteiger partial charge >= 0.3 is 0 Å². The molecular formula is C19H16ClN5OS. The number of halogens is 1. The van der Waals surface area contributed by atoms with Crippen LogP contribution in [0.5, 0.6) is 0 Å². The van der Waals surface area contributed by atoms with E-state index in [0.29, 0.717) is 27.2 Å². The quantitative estimate of drug-likeness (QED) is 0.457. The summed E-state index contributed by atoms with van der Waals surface area (Å²) < 4.78 is 1.88. The molecule has 0 amide bonds. The molecule has 0 radical (unpaired) electrons. The largest absolute Gasteiger partial charge is 0.339 e. The van der Waals surface area contributed by atoms with Gasteiger partial charge in [-0.15, -0.1) is 0 Å². The number of hydrazone groups is 1. The van der Waals surface area contributed by atoms with E-state index in [1.807, 2.05) is 41.0 Å². The third-order valence-electron chi connectivity index (χ3n) is 4.39. The summed E-state index contributed by atoms with van der Waals surface area (Å²) in [6, 6.07) is 15.1. The molecule has 2 heterocycles. The number of carbonyl (C=O) groups excluding carboxylic acids is 1. The third-order valence-corrected chi connectivity index (χ3v) is 4.84. The predicted octanol–water partition coefficient (Wildman–Crippen LogP) is 3.09. The molecule has 0 fully saturated rings. The van der Waals surface area contributed by atoms with Crippen LogP contribution in [0.1, 0.15) is 17.3 Å². The van der Waals surface area contributed by atoms with E-state index < -0.39 is 6.17 Å². The van der Waals surface area contributed by atoms with Crippen molar-refractivity contribution >= 4 is 51.5 Å². The highest BCUT2D eigenvalue weighted by molar-refractivity contribution is 7.80. The van der Waals surface area contributed by atoms with E-state index in [9.17, 15) is 4.79 Å². The first kappa shape index (κ1) is 17.7. The van der Waals surface area contributed by atoms with Crippen LogP contribution in [0, 0.1) is 0 Å². The number of aromatic nitrogens is 1. The summed E-state index contributed by atoms with van der Waals surface area (Å²) >= 11 is 11.3. The van der Waals surface area contributed by atoms with E-state index in [4.69, 9.17) is 29.6 Å². The van der Waals surface area contributed by atoms with Crippen molar-refractivity contribution in [3.63, 3.8) is 0 Å². The molecule has 4 rings (SSSR count). The van der Waals surface area contributed by atoms with E-state index in [0.717, 1.165) is 16.5 Å². The summed E-state index contributed by atoms with van der Waals surface area (Å²) in [6.07, 6.45) is -0.632. The maximum atomic E-state index is 12.6. The Kier molecular flexibility index (Phi) is 4.43. The molecular weight excluding hydrogens is 382 g/mol. The molecule has 0 saturated heterocycles. The lowest BCUT2D eigenvalue weighted by molar-refractivity contribution is 0.102. The van der Waals surface area contributed by atoms with Gasteiger partial charge in [-0.1, -0.05) is 41.9 Å². The van der Waals surface area contributed by atoms with Gasteiger partial charge in [-0.05, 0) is 42.9 Å². The van der Waals surface area contributed by atoms with Gasteiger partial charge in [0, 0.05) is 10.4 Å². The van der Waals surface area contributed by atoms with Crippen LogP contribution in [0.15, 0.2) is 53.6 Å². The van der Waals surface area contributed by atoms with Crippen LogP contribution in [-0.4, -0.2) is 27.5 Å². The van der Waals surface area contributed by atoms with Gasteiger partial charge in [0.1, 0.15) is 6.17 Å². The Morgan fingerprint density at radius 2 is 2.00 bits per heavy atom. The van der Waals surface area contributed by atoms with E-state index in [1.165, 1.54) is 0 Å². The highest BCUT2D eigenvalue weighted by atomic mass is 35.5. The number of ketones is 1. The predicted molar refractivity (Wildman–Crippen MR) is 112 cm³/mol. The highest BCUT2D eigenvalue weighted by Gasteiger charge is 2.28. The molecule has 136 valence electrons. The number of carbonyl (C=O) groups is 1. The molecule has 27 heavy (non-hydrogen) atoms. The number of nitrogens with zero attached hydrogens (tertiary/aromatic N) is 2. The lowest BCUT2D eigenvalue weighted by Crippen LogP contribution is -2.56. The Balaban J connectivity index is 2.14. The first-order chi connectivity index (χ1) is 13.0. The molecule has 4 N–H and O–H groups in total. The standard InChI is InChI=1S/C19H16ClN5OS/c1-10(26)15-13-9-12(20)7-8-14(13)25(16(15)11-5-3-2-4-6-11)18-17(21)22-19(27)24-23-18/h2-9,17H,21H2,1H3,(H2,22,24,27). The van der Waals surface area contributed by atoms with Gasteiger partial charge in [0.25, 0.3) is 0 Å². The molecule has 1 aliphatic heterocycles. The first-order valence-corrected chi connectivity index (χ1v) is 9.06. The maximum Gasteiger partial charge on any atom is 0.188 e. The molecule has 2 aromatic carbocycles. The second-order valence-electron chi connectivity index (χ2n) is 6.18. The van der Waals surface area contributed by atoms with Crippen molar-refractivity contribution in [1.82, 2.24) is 15.3 Å². The van der Waals surface area contributed by atoms with E-state index >= 15 is 0 Å². The number of nitrogens with two attached hydrogens (primary N) is 1. The van der Waals surface area contributed by atoms with Crippen molar-refractivity contribution in [2.24, 2.45) is 10.8 Å². The molecule has 8 heteroatoms. The number of Topliss-reactive ketones (excluding diaryl/α,β-unsaturated/α-hetero) is 1. The van der Waals surface area contributed by atoms with Crippen LogP contribution in [0.4, 0.5) is 0 Å². The van der Waals surface area contributed by atoms with Crippen molar-refractivity contribution in [3.05, 3.63) is 59.1 Å². The summed E-state index contributed by atoms with van der Waals surface area (Å²) in [4.78, 5) is 12.6. The Bertz CT molecular complexity index is 1110. The van der Waals surface area contributed by atoms with E-state index in [2.05, 4.69) is 15.8 Å². The average Bonchev–Trinajstić information content (AvgIpc) is 2.96. The Labute approximate surface area is 166 Å². The molecule has 1 aromatic heterocycles. The van der Waals surface area contributed by atoms with Gasteiger partial charge < -0.3 is 11.1 Å². The normalized spacial score (nSPS) is 16.6.